The van der Waals surface area contributed by atoms with Gasteiger partial charge in [0.2, 0.25) is 6.72 Å². The standard InChI is InChI=1S/CH2N2.HO2S/c2*1-3-2/h1H2;3H/q;-1. The highest BCUT2D eigenvalue weighted by Gasteiger charge is 0.932. The monoisotopic (exact) mass is 107 g/mol. The molecule has 0 aromatic rings. The Bertz CT molecular complexity index is 65.5. The average molecular weight is 107 g/mol. The number of nitrogens with zero attached hydrogens (tertiary/aromatic N) is 2. The van der Waals surface area contributed by atoms with Gasteiger partial charge in [0.15, 0.2) is 0 Å². The first-order chi connectivity index (χ1) is 2.83. The third-order valence-corrected chi connectivity index (χ3v) is 0. The molecule has 0 saturated carbocycles. The zero-order chi connectivity index (χ0) is 5.41. The number of hydrogen-bond acceptors (Lipinski definition) is 3. The summed E-state index contributed by atoms with van der Waals surface area (Å²) in [5.74, 6) is 0. The predicted octanol–water partition coefficient (Wildman–Crippen LogP) is -0.591. The molecule has 0 unspecified atom stereocenters. The van der Waals surface area contributed by atoms with E-state index in [0.717, 1.165) is 0 Å². The summed E-state index contributed by atoms with van der Waals surface area (Å²) in [7, 11) is 0. The molecular formula is CH3N2O2S-. The zero-order valence-electron chi connectivity index (χ0n) is 2.87. The lowest BCUT2D eigenvalue weighted by molar-refractivity contribution is 0.0110. The van der Waals surface area contributed by atoms with Gasteiger partial charge in [0, 0.05) is 0 Å². The van der Waals surface area contributed by atoms with Crippen LogP contribution in [0.4, 0.5) is 0 Å². The van der Waals surface area contributed by atoms with Crippen molar-refractivity contribution in [2.24, 2.45) is 0 Å². The number of thiol groups is 1. The first kappa shape index (κ1) is 9.01. The Kier molecular flexibility index (Phi) is 40.8. The van der Waals surface area contributed by atoms with Crippen molar-refractivity contribution in [3.63, 3.8) is 0 Å². The molecule has 4 nitrogen and oxygen atoms in total. The van der Waals surface area contributed by atoms with E-state index in [9.17, 15) is 0 Å². The van der Waals surface area contributed by atoms with Crippen molar-refractivity contribution < 1.29 is 13.2 Å². The summed E-state index contributed by atoms with van der Waals surface area (Å²) >= 11 is -1.08. The van der Waals surface area contributed by atoms with Gasteiger partial charge in [-0.1, -0.05) is 11.6 Å². The van der Waals surface area contributed by atoms with Gasteiger partial charge >= 0.3 is 0 Å². The summed E-state index contributed by atoms with van der Waals surface area (Å²) in [6.45, 7) is 2.67. The molecule has 0 aromatic heterocycles. The van der Waals surface area contributed by atoms with Crippen LogP contribution in [0, 0.1) is 0 Å². The van der Waals surface area contributed by atoms with Gasteiger partial charge < -0.3 is 13.9 Å². The largest absolute Gasteiger partial charge is 0.427 e. The van der Waals surface area contributed by atoms with Crippen LogP contribution in [0.3, 0.4) is 0 Å². The lowest BCUT2D eigenvalue weighted by Gasteiger charge is -1.27. The van der Waals surface area contributed by atoms with Gasteiger partial charge in [-0.25, -0.2) is 0 Å². The van der Waals surface area contributed by atoms with Crippen LogP contribution in [0.1, 0.15) is 0 Å². The fourth-order valence-corrected chi connectivity index (χ4v) is 0. The normalized spacial score (nSPS) is 4.00. The SMILES string of the molecule is C=[N+]=[N-].O=[SH-]=O. The predicted molar refractivity (Wildman–Crippen MR) is 20.9 cm³/mol. The number of hydrogen-bond donors (Lipinski definition) is 0. The molecule has 0 spiro atoms. The van der Waals surface area contributed by atoms with E-state index in [4.69, 9.17) is 13.9 Å². The second-order valence-corrected chi connectivity index (χ2v) is 0.365. The van der Waals surface area contributed by atoms with Crippen LogP contribution in [-0.2, 0) is 20.0 Å². The molecule has 0 aliphatic rings. The maximum Gasteiger partial charge on any atom is 0.245 e. The Morgan fingerprint density at radius 1 is 1.67 bits per heavy atom. The Balaban J connectivity index is 0. The Hall–Kier alpha value is -0.670. The van der Waals surface area contributed by atoms with E-state index in [2.05, 4.69) is 11.5 Å². The second-order valence-electron chi connectivity index (χ2n) is 0.216. The summed E-state index contributed by atoms with van der Waals surface area (Å²) in [5, 5.41) is 0. The molecule has 0 amide bonds. The first-order valence-electron chi connectivity index (χ1n) is 0.881. The summed E-state index contributed by atoms with van der Waals surface area (Å²) in [5.41, 5.74) is 7.08. The molecular weight excluding hydrogens is 104 g/mol. The summed E-state index contributed by atoms with van der Waals surface area (Å²) in [6, 6.07) is 0. The van der Waals surface area contributed by atoms with Gasteiger partial charge in [0.1, 0.15) is 0 Å². The van der Waals surface area contributed by atoms with Crippen LogP contribution >= 0.6 is 0 Å². The maximum absolute atomic E-state index is 8.35. The smallest absolute Gasteiger partial charge is 0.245 e. The minimum absolute atomic E-state index is 1.08. The van der Waals surface area contributed by atoms with Gasteiger partial charge in [-0.2, -0.15) is 4.79 Å². The van der Waals surface area contributed by atoms with Crippen molar-refractivity contribution in [3.05, 3.63) is 5.53 Å². The summed E-state index contributed by atoms with van der Waals surface area (Å²) in [4.78, 5) is 2.25. The third-order valence-electron chi connectivity index (χ3n) is 0. The van der Waals surface area contributed by atoms with E-state index < -0.39 is 11.6 Å². The van der Waals surface area contributed by atoms with E-state index >= 15 is 0 Å². The Morgan fingerprint density at radius 2 is 1.67 bits per heavy atom. The molecule has 0 N–H and O–H groups in total. The molecule has 0 saturated heterocycles. The minimum Gasteiger partial charge on any atom is -0.427 e. The lowest BCUT2D eigenvalue weighted by atomic mass is 11.8. The molecule has 0 radical (unpaired) electrons. The van der Waals surface area contributed by atoms with Crippen LogP contribution in [0.25, 0.3) is 5.53 Å². The molecule has 36 valence electrons. The lowest BCUT2D eigenvalue weighted by Crippen LogP contribution is -1.21. The van der Waals surface area contributed by atoms with Gasteiger partial charge in [-0.3, -0.25) is 0 Å². The van der Waals surface area contributed by atoms with E-state index in [1.165, 1.54) is 0 Å². The Morgan fingerprint density at radius 3 is 1.67 bits per heavy atom. The molecule has 0 aromatic carbocycles. The van der Waals surface area contributed by atoms with E-state index in [-0.39, 0.29) is 0 Å². The highest BCUT2D eigenvalue weighted by atomic mass is 32.1. The Labute approximate surface area is 38.0 Å². The molecule has 0 heterocycles. The molecule has 5 heteroatoms. The molecule has 0 aliphatic carbocycles. The van der Waals surface area contributed by atoms with Crippen LogP contribution in [0.2, 0.25) is 0 Å². The van der Waals surface area contributed by atoms with Gasteiger partial charge in [-0.15, -0.1) is 0 Å². The molecule has 0 atom stereocenters. The van der Waals surface area contributed by atoms with Crippen molar-refractivity contribution in [3.8, 4) is 0 Å². The minimum atomic E-state index is -1.08. The maximum atomic E-state index is 8.35. The van der Waals surface area contributed by atoms with Crippen molar-refractivity contribution in [1.29, 1.82) is 0 Å². The summed E-state index contributed by atoms with van der Waals surface area (Å²) < 4.78 is 16.7. The van der Waals surface area contributed by atoms with E-state index in [1.807, 2.05) is 0 Å². The quantitative estimate of drug-likeness (QED) is 0.136. The van der Waals surface area contributed by atoms with Crippen LogP contribution in [-0.4, -0.2) is 11.5 Å². The second kappa shape index (κ2) is 27.1. The van der Waals surface area contributed by atoms with Crippen molar-refractivity contribution in [2.75, 3.05) is 0 Å². The highest BCUT2D eigenvalue weighted by molar-refractivity contribution is 7.51. The molecule has 6 heavy (non-hydrogen) atoms. The molecule has 0 fully saturated rings. The molecule has 0 rings (SSSR count). The topological polar surface area (TPSA) is 70.5 Å². The van der Waals surface area contributed by atoms with Gasteiger partial charge in [0.25, 0.3) is 0 Å². The van der Waals surface area contributed by atoms with E-state index in [0.29, 0.717) is 0 Å². The average Bonchev–Trinajstić information content (AvgIpc) is 1.39. The zero-order valence-corrected chi connectivity index (χ0v) is 3.76. The van der Waals surface area contributed by atoms with Gasteiger partial charge in [-0.05, 0) is 0 Å². The summed E-state index contributed by atoms with van der Waals surface area (Å²) in [6.07, 6.45) is 0. The van der Waals surface area contributed by atoms with Crippen LogP contribution in [0.15, 0.2) is 0 Å². The third kappa shape index (κ3) is 40.3. The van der Waals surface area contributed by atoms with Crippen molar-refractivity contribution in [1.82, 2.24) is 0 Å². The van der Waals surface area contributed by atoms with Crippen LogP contribution in [0.5, 0.6) is 0 Å². The molecule has 0 aliphatic heterocycles. The van der Waals surface area contributed by atoms with Crippen LogP contribution < -0.4 is 0 Å². The molecule has 0 bridgehead atoms. The number of rotatable bonds is 0. The van der Waals surface area contributed by atoms with Crippen molar-refractivity contribution in [2.45, 2.75) is 0 Å². The van der Waals surface area contributed by atoms with Crippen molar-refractivity contribution >= 4 is 18.3 Å². The first-order valence-corrected chi connectivity index (χ1v) is 1.61. The van der Waals surface area contributed by atoms with Gasteiger partial charge in [0.05, 0.1) is 0 Å². The fraction of sp³-hybridized carbons (Fsp3) is 0. The fourth-order valence-electron chi connectivity index (χ4n) is 0. The van der Waals surface area contributed by atoms with E-state index in [1.54, 1.807) is 0 Å². The highest BCUT2D eigenvalue weighted by Crippen LogP contribution is 0.942.